The van der Waals surface area contributed by atoms with Crippen LogP contribution >= 0.6 is 11.6 Å². The van der Waals surface area contributed by atoms with Gasteiger partial charge in [-0.1, -0.05) is 12.1 Å². The molecule has 1 heterocycles. The lowest BCUT2D eigenvalue weighted by atomic mass is 9.84. The monoisotopic (exact) mass is 262 g/mol. The predicted molar refractivity (Wildman–Crippen MR) is 73.0 cm³/mol. The lowest BCUT2D eigenvalue weighted by molar-refractivity contribution is 0.328. The number of hydrogen-bond acceptors (Lipinski definition) is 4. The summed E-state index contributed by atoms with van der Waals surface area (Å²) in [6, 6.07) is 7.78. The molecule has 0 bridgehead atoms. The molecule has 0 unspecified atom stereocenters. The first-order chi connectivity index (χ1) is 8.72. The first kappa shape index (κ1) is 11.7. The molecule has 1 aromatic heterocycles. The lowest BCUT2D eigenvalue weighted by Crippen LogP contribution is -2.35. The average molecular weight is 263 g/mol. The highest BCUT2D eigenvalue weighted by molar-refractivity contribution is 6.21. The molecule has 0 amide bonds. The topological polar surface area (TPSA) is 41.9 Å². The van der Waals surface area contributed by atoms with Gasteiger partial charge in [0, 0.05) is 19.0 Å². The molecular formula is C13H15ClN4. The van der Waals surface area contributed by atoms with Crippen LogP contribution in [0, 0.1) is 5.92 Å². The van der Waals surface area contributed by atoms with Crippen molar-refractivity contribution >= 4 is 28.6 Å². The number of hydrogen-bond donors (Lipinski definition) is 0. The Bertz CT molecular complexity index is 553. The molecule has 0 atom stereocenters. The van der Waals surface area contributed by atoms with Crippen LogP contribution in [0.4, 0.5) is 5.95 Å². The van der Waals surface area contributed by atoms with Gasteiger partial charge >= 0.3 is 0 Å². The summed E-state index contributed by atoms with van der Waals surface area (Å²) >= 11 is 5.99. The minimum Gasteiger partial charge on any atom is -0.342 e. The fourth-order valence-electron chi connectivity index (χ4n) is 2.31. The van der Waals surface area contributed by atoms with Crippen LogP contribution in [0.15, 0.2) is 24.3 Å². The van der Waals surface area contributed by atoms with E-state index < -0.39 is 0 Å². The number of halogens is 1. The first-order valence-corrected chi connectivity index (χ1v) is 6.60. The summed E-state index contributed by atoms with van der Waals surface area (Å²) in [6.45, 7) is 0.948. The van der Waals surface area contributed by atoms with Crippen molar-refractivity contribution in [1.82, 2.24) is 15.2 Å². The summed E-state index contributed by atoms with van der Waals surface area (Å²) in [5.41, 5.74) is 1.72. The van der Waals surface area contributed by atoms with Gasteiger partial charge in [-0.25, -0.2) is 4.98 Å². The quantitative estimate of drug-likeness (QED) is 0.797. The molecule has 3 rings (SSSR count). The summed E-state index contributed by atoms with van der Waals surface area (Å²) in [6.07, 6.45) is 2.18. The van der Waals surface area contributed by atoms with Gasteiger partial charge in [-0.3, -0.25) is 0 Å². The number of rotatable bonds is 3. The molecule has 94 valence electrons. The van der Waals surface area contributed by atoms with Crippen molar-refractivity contribution in [3.63, 3.8) is 0 Å². The summed E-state index contributed by atoms with van der Waals surface area (Å²) < 4.78 is 0. The zero-order chi connectivity index (χ0) is 12.5. The van der Waals surface area contributed by atoms with Crippen molar-refractivity contribution in [3.05, 3.63) is 24.3 Å². The number of anilines is 1. The maximum Gasteiger partial charge on any atom is 0.245 e. The van der Waals surface area contributed by atoms with E-state index >= 15 is 0 Å². The van der Waals surface area contributed by atoms with Crippen LogP contribution in [-0.4, -0.2) is 34.2 Å². The molecule has 2 aromatic rings. The van der Waals surface area contributed by atoms with Crippen molar-refractivity contribution in [2.75, 3.05) is 18.5 Å². The smallest absolute Gasteiger partial charge is 0.245 e. The number of benzene rings is 1. The van der Waals surface area contributed by atoms with Crippen molar-refractivity contribution in [3.8, 4) is 0 Å². The third kappa shape index (κ3) is 2.25. The van der Waals surface area contributed by atoms with Crippen LogP contribution in [0.3, 0.4) is 0 Å². The molecule has 0 spiro atoms. The molecule has 18 heavy (non-hydrogen) atoms. The van der Waals surface area contributed by atoms with Gasteiger partial charge in [-0.05, 0) is 30.9 Å². The molecule has 5 heteroatoms. The fraction of sp³-hybridized carbons (Fsp3) is 0.462. The van der Waals surface area contributed by atoms with Crippen molar-refractivity contribution in [2.24, 2.45) is 5.92 Å². The number of aromatic nitrogens is 3. The number of para-hydroxylation sites is 1. The van der Waals surface area contributed by atoms with E-state index in [0.717, 1.165) is 30.4 Å². The highest BCUT2D eigenvalue weighted by Crippen LogP contribution is 2.32. The molecule has 0 N–H and O–H groups in total. The summed E-state index contributed by atoms with van der Waals surface area (Å²) in [5, 5.41) is 8.72. The Labute approximate surface area is 111 Å². The van der Waals surface area contributed by atoms with Crippen LogP contribution in [0.1, 0.15) is 12.8 Å². The maximum absolute atomic E-state index is 5.99. The van der Waals surface area contributed by atoms with E-state index in [2.05, 4.69) is 20.1 Å². The van der Waals surface area contributed by atoms with Crippen LogP contribution in [0.2, 0.25) is 0 Å². The highest BCUT2D eigenvalue weighted by Gasteiger charge is 2.28. The lowest BCUT2D eigenvalue weighted by Gasteiger charge is -2.33. The van der Waals surface area contributed by atoms with Crippen LogP contribution in [0.25, 0.3) is 11.0 Å². The molecular weight excluding hydrogens is 248 g/mol. The van der Waals surface area contributed by atoms with Crippen molar-refractivity contribution in [1.29, 1.82) is 0 Å². The molecule has 4 nitrogen and oxygen atoms in total. The second kappa shape index (κ2) is 4.69. The van der Waals surface area contributed by atoms with Crippen molar-refractivity contribution in [2.45, 2.75) is 18.2 Å². The summed E-state index contributed by atoms with van der Waals surface area (Å²) in [7, 11) is 2.01. The summed E-state index contributed by atoms with van der Waals surface area (Å²) in [5.74, 6) is 1.35. The van der Waals surface area contributed by atoms with Crippen molar-refractivity contribution < 1.29 is 0 Å². The van der Waals surface area contributed by atoms with Gasteiger partial charge in [0.15, 0.2) is 0 Å². The van der Waals surface area contributed by atoms with Gasteiger partial charge in [0.1, 0.15) is 5.52 Å². The van der Waals surface area contributed by atoms with E-state index in [-0.39, 0.29) is 0 Å². The van der Waals surface area contributed by atoms with E-state index in [1.165, 1.54) is 0 Å². The molecule has 0 saturated heterocycles. The molecule has 1 aliphatic rings. The predicted octanol–water partition coefficient (Wildman–Crippen LogP) is 2.48. The molecule has 1 aliphatic carbocycles. The molecule has 1 fully saturated rings. The standard InChI is InChI=1S/C13H15ClN4/c1-18(8-9-6-10(14)7-9)13-15-11-4-2-3-5-12(11)16-17-13/h2-5,9-10H,6-8H2,1H3. The van der Waals surface area contributed by atoms with Gasteiger partial charge in [-0.2, -0.15) is 0 Å². The van der Waals surface area contributed by atoms with E-state index in [0.29, 0.717) is 17.2 Å². The number of nitrogens with zero attached hydrogens (tertiary/aromatic N) is 4. The minimum absolute atomic E-state index is 0.360. The maximum atomic E-state index is 5.99. The largest absolute Gasteiger partial charge is 0.342 e. The van der Waals surface area contributed by atoms with Crippen LogP contribution < -0.4 is 4.90 Å². The minimum atomic E-state index is 0.360. The van der Waals surface area contributed by atoms with E-state index in [4.69, 9.17) is 11.6 Å². The average Bonchev–Trinajstić information content (AvgIpc) is 2.36. The van der Waals surface area contributed by atoms with Gasteiger partial charge in [0.25, 0.3) is 0 Å². The second-order valence-electron chi connectivity index (χ2n) is 4.92. The van der Waals surface area contributed by atoms with Gasteiger partial charge in [0.05, 0.1) is 5.52 Å². The molecule has 1 saturated carbocycles. The first-order valence-electron chi connectivity index (χ1n) is 6.17. The van der Waals surface area contributed by atoms with Gasteiger partial charge in [-0.15, -0.1) is 21.8 Å². The molecule has 0 radical (unpaired) electrons. The third-order valence-corrected chi connectivity index (χ3v) is 3.76. The molecule has 1 aromatic carbocycles. The van der Waals surface area contributed by atoms with E-state index in [9.17, 15) is 0 Å². The van der Waals surface area contributed by atoms with E-state index in [1.807, 2.05) is 31.3 Å². The fourth-order valence-corrected chi connectivity index (χ4v) is 2.81. The highest BCUT2D eigenvalue weighted by atomic mass is 35.5. The normalized spacial score (nSPS) is 22.8. The Balaban J connectivity index is 1.76. The zero-order valence-electron chi connectivity index (χ0n) is 10.3. The van der Waals surface area contributed by atoms with Crippen LogP contribution in [-0.2, 0) is 0 Å². The number of fused-ring (bicyclic) bond motifs is 1. The third-order valence-electron chi connectivity index (χ3n) is 3.40. The van der Waals surface area contributed by atoms with Crippen LogP contribution in [0.5, 0.6) is 0 Å². The molecule has 0 aliphatic heterocycles. The Morgan fingerprint density at radius 2 is 1.94 bits per heavy atom. The SMILES string of the molecule is CN(CC1CC(Cl)C1)c1nnc2ccccc2n1. The Kier molecular flexibility index (Phi) is 3.04. The van der Waals surface area contributed by atoms with Gasteiger partial charge in [0.2, 0.25) is 5.95 Å². The number of alkyl halides is 1. The zero-order valence-corrected chi connectivity index (χ0v) is 11.0. The van der Waals surface area contributed by atoms with E-state index in [1.54, 1.807) is 0 Å². The summed E-state index contributed by atoms with van der Waals surface area (Å²) in [4.78, 5) is 6.59. The second-order valence-corrected chi connectivity index (χ2v) is 5.53. The van der Waals surface area contributed by atoms with Gasteiger partial charge < -0.3 is 4.90 Å². The Morgan fingerprint density at radius 3 is 2.67 bits per heavy atom. The Hall–Kier alpha value is -1.42. The Morgan fingerprint density at radius 1 is 1.22 bits per heavy atom.